The minimum absolute atomic E-state index is 0.190. The van der Waals surface area contributed by atoms with Gasteiger partial charge in [0.1, 0.15) is 5.69 Å². The Labute approximate surface area is 320 Å². The van der Waals surface area contributed by atoms with Gasteiger partial charge in [0.25, 0.3) is 0 Å². The average Bonchev–Trinajstić information content (AvgIpc) is 3.74. The molecule has 0 aliphatic heterocycles. The fourth-order valence-electron chi connectivity index (χ4n) is 8.09. The molecule has 9 aromatic rings. The lowest BCUT2D eigenvalue weighted by Gasteiger charge is -2.28. The van der Waals surface area contributed by atoms with Crippen LogP contribution in [0.2, 0.25) is 0 Å². The number of para-hydroxylation sites is 5. The fraction of sp³-hybridized carbons (Fsp3) is 0.0600. The quantitative estimate of drug-likeness (QED) is 0.165. The molecular formula is C50H37N5. The molecule has 6 aromatic carbocycles. The predicted octanol–water partition coefficient (Wildman–Crippen LogP) is 12.6. The van der Waals surface area contributed by atoms with Crippen LogP contribution in [0.1, 0.15) is 25.0 Å². The van der Waals surface area contributed by atoms with Crippen molar-refractivity contribution in [2.75, 3.05) is 4.90 Å². The highest BCUT2D eigenvalue weighted by Gasteiger charge is 2.36. The smallest absolute Gasteiger partial charge is 0.164 e. The lowest BCUT2D eigenvalue weighted by atomic mass is 9.81. The van der Waals surface area contributed by atoms with Gasteiger partial charge in [-0.15, -0.1) is 0 Å². The maximum absolute atomic E-state index is 4.98. The molecule has 0 amide bonds. The Hall–Kier alpha value is -7.11. The summed E-state index contributed by atoms with van der Waals surface area (Å²) in [4.78, 5) is 17.2. The highest BCUT2D eigenvalue weighted by Crippen LogP contribution is 2.51. The first kappa shape index (κ1) is 32.5. The third-order valence-electron chi connectivity index (χ3n) is 10.9. The number of hydrogen-bond acceptors (Lipinski definition) is 4. The molecule has 0 saturated carbocycles. The van der Waals surface area contributed by atoms with Crippen LogP contribution in [0.4, 0.5) is 17.1 Å². The summed E-state index contributed by atoms with van der Waals surface area (Å²) < 4.78 is 2.17. The van der Waals surface area contributed by atoms with Gasteiger partial charge < -0.3 is 4.90 Å². The average molecular weight is 708 g/mol. The zero-order valence-corrected chi connectivity index (χ0v) is 30.6. The maximum Gasteiger partial charge on any atom is 0.164 e. The van der Waals surface area contributed by atoms with E-state index in [2.05, 4.69) is 163 Å². The zero-order valence-electron chi connectivity index (χ0n) is 30.6. The van der Waals surface area contributed by atoms with E-state index in [1.165, 1.54) is 22.3 Å². The minimum Gasteiger partial charge on any atom is -0.310 e. The molecule has 0 spiro atoms. The molecule has 0 fully saturated rings. The number of fused-ring (bicyclic) bond motifs is 4. The molecule has 10 rings (SSSR count). The molecule has 1 aliphatic rings. The van der Waals surface area contributed by atoms with Crippen LogP contribution in [0.3, 0.4) is 0 Å². The third kappa shape index (κ3) is 5.60. The second kappa shape index (κ2) is 13.1. The summed E-state index contributed by atoms with van der Waals surface area (Å²) in [5, 5.41) is 0. The highest BCUT2D eigenvalue weighted by atomic mass is 15.1. The van der Waals surface area contributed by atoms with E-state index >= 15 is 0 Å². The van der Waals surface area contributed by atoms with Crippen molar-refractivity contribution in [2.45, 2.75) is 19.3 Å². The van der Waals surface area contributed by atoms with Gasteiger partial charge in [0.2, 0.25) is 0 Å². The van der Waals surface area contributed by atoms with Crippen molar-refractivity contribution >= 4 is 28.1 Å². The number of aromatic nitrogens is 4. The van der Waals surface area contributed by atoms with Crippen molar-refractivity contribution in [3.8, 4) is 50.7 Å². The van der Waals surface area contributed by atoms with E-state index in [0.717, 1.165) is 67.7 Å². The van der Waals surface area contributed by atoms with Crippen molar-refractivity contribution in [1.82, 2.24) is 19.5 Å². The number of anilines is 3. The summed E-state index contributed by atoms with van der Waals surface area (Å²) in [7, 11) is 0. The molecule has 5 heteroatoms. The normalized spacial score (nSPS) is 12.7. The van der Waals surface area contributed by atoms with Crippen LogP contribution in [-0.4, -0.2) is 19.5 Å². The van der Waals surface area contributed by atoms with Gasteiger partial charge >= 0.3 is 0 Å². The van der Waals surface area contributed by atoms with Crippen LogP contribution in [-0.2, 0) is 5.41 Å². The van der Waals surface area contributed by atoms with E-state index < -0.39 is 0 Å². The van der Waals surface area contributed by atoms with E-state index in [-0.39, 0.29) is 5.41 Å². The van der Waals surface area contributed by atoms with Crippen LogP contribution in [0.5, 0.6) is 0 Å². The Morgan fingerprint density at radius 1 is 0.473 bits per heavy atom. The van der Waals surface area contributed by atoms with Crippen LogP contribution in [0.25, 0.3) is 61.8 Å². The van der Waals surface area contributed by atoms with E-state index in [0.29, 0.717) is 0 Å². The molecule has 0 bridgehead atoms. The first-order valence-corrected chi connectivity index (χ1v) is 18.7. The number of benzene rings is 6. The molecule has 0 atom stereocenters. The summed E-state index contributed by atoms with van der Waals surface area (Å²) >= 11 is 0. The lowest BCUT2D eigenvalue weighted by molar-refractivity contribution is 0.660. The van der Waals surface area contributed by atoms with Gasteiger partial charge in [0, 0.05) is 57.2 Å². The van der Waals surface area contributed by atoms with Crippen LogP contribution >= 0.6 is 0 Å². The maximum atomic E-state index is 4.98. The third-order valence-corrected chi connectivity index (χ3v) is 10.9. The molecular weight excluding hydrogens is 671 g/mol. The molecule has 0 N–H and O–H groups in total. The predicted molar refractivity (Wildman–Crippen MR) is 225 cm³/mol. The molecule has 0 unspecified atom stereocenters. The molecule has 3 heterocycles. The second-order valence-corrected chi connectivity index (χ2v) is 14.6. The Morgan fingerprint density at radius 3 is 1.65 bits per heavy atom. The molecule has 0 saturated heterocycles. The van der Waals surface area contributed by atoms with Gasteiger partial charge in [-0.1, -0.05) is 111 Å². The number of rotatable bonds is 7. The summed E-state index contributed by atoms with van der Waals surface area (Å²) in [5.74, 6) is 0.815. The van der Waals surface area contributed by atoms with Crippen LogP contribution < -0.4 is 4.90 Å². The molecule has 1 aliphatic carbocycles. The van der Waals surface area contributed by atoms with Gasteiger partial charge in [-0.05, 0) is 101 Å². The van der Waals surface area contributed by atoms with Gasteiger partial charge in [-0.25, -0.2) is 4.98 Å². The first-order chi connectivity index (χ1) is 27.0. The second-order valence-electron chi connectivity index (χ2n) is 14.6. The number of imidazole rings is 1. The standard InChI is InChI=1S/C50H37N5/c1-50(2)43-30-34(22-26-41(43)42-27-25-40(31-44(42)50)54(37-14-6-3-7-15-37)38-16-8-4-9-17-38)45-28-23-35(32-51-45)36-24-29-47(52-33-36)49-53-46-20-12-13-21-48(46)55(49)39-18-10-5-11-19-39/h3-33H,1-2H3. The van der Waals surface area contributed by atoms with Gasteiger partial charge in [-0.2, -0.15) is 0 Å². The lowest BCUT2D eigenvalue weighted by Crippen LogP contribution is -2.16. The van der Waals surface area contributed by atoms with Crippen molar-refractivity contribution in [3.05, 3.63) is 199 Å². The van der Waals surface area contributed by atoms with E-state index in [1.807, 2.05) is 48.8 Å². The summed E-state index contributed by atoms with van der Waals surface area (Å²) in [6, 6.07) is 61.8. The van der Waals surface area contributed by atoms with Crippen molar-refractivity contribution in [2.24, 2.45) is 0 Å². The zero-order chi connectivity index (χ0) is 36.9. The van der Waals surface area contributed by atoms with Crippen molar-refractivity contribution in [1.29, 1.82) is 0 Å². The summed E-state index contributed by atoms with van der Waals surface area (Å²) in [5.41, 5.74) is 16.4. The van der Waals surface area contributed by atoms with Crippen LogP contribution in [0, 0.1) is 0 Å². The molecule has 3 aromatic heterocycles. The van der Waals surface area contributed by atoms with E-state index in [9.17, 15) is 0 Å². The Bertz CT molecular complexity index is 2770. The highest BCUT2D eigenvalue weighted by molar-refractivity contribution is 5.87. The molecule has 5 nitrogen and oxygen atoms in total. The number of pyridine rings is 2. The van der Waals surface area contributed by atoms with Crippen molar-refractivity contribution in [3.63, 3.8) is 0 Å². The van der Waals surface area contributed by atoms with Gasteiger partial charge in [-0.3, -0.25) is 14.5 Å². The minimum atomic E-state index is -0.190. The van der Waals surface area contributed by atoms with E-state index in [1.54, 1.807) is 0 Å². The van der Waals surface area contributed by atoms with E-state index in [4.69, 9.17) is 15.0 Å². The van der Waals surface area contributed by atoms with Crippen LogP contribution in [0.15, 0.2) is 188 Å². The van der Waals surface area contributed by atoms with Gasteiger partial charge in [0.05, 0.1) is 16.7 Å². The SMILES string of the molecule is CC1(C)c2cc(-c3ccc(-c4ccc(-c5nc6ccccc6n5-c5ccccc5)nc4)cn3)ccc2-c2ccc(N(c3ccccc3)c3ccccc3)cc21. The van der Waals surface area contributed by atoms with Gasteiger partial charge in [0.15, 0.2) is 5.82 Å². The monoisotopic (exact) mass is 707 g/mol. The topological polar surface area (TPSA) is 46.8 Å². The first-order valence-electron chi connectivity index (χ1n) is 18.7. The summed E-state index contributed by atoms with van der Waals surface area (Å²) in [6.07, 6.45) is 3.87. The Morgan fingerprint density at radius 2 is 1.02 bits per heavy atom. The summed E-state index contributed by atoms with van der Waals surface area (Å²) in [6.45, 7) is 4.67. The molecule has 55 heavy (non-hydrogen) atoms. The Balaban J connectivity index is 0.937. The number of nitrogens with zero attached hydrogens (tertiary/aromatic N) is 5. The number of hydrogen-bond donors (Lipinski definition) is 0. The Kier molecular flexibility index (Phi) is 7.74. The molecule has 262 valence electrons. The van der Waals surface area contributed by atoms with Crippen molar-refractivity contribution < 1.29 is 0 Å². The fourth-order valence-corrected chi connectivity index (χ4v) is 8.09. The molecule has 0 radical (unpaired) electrons. The largest absolute Gasteiger partial charge is 0.310 e.